The van der Waals surface area contributed by atoms with Gasteiger partial charge < -0.3 is 45.3 Å². The lowest BCUT2D eigenvalue weighted by Crippen LogP contribution is -2.32. The summed E-state index contributed by atoms with van der Waals surface area (Å²) in [6, 6.07) is 0. The van der Waals surface area contributed by atoms with Crippen LogP contribution in [-0.4, -0.2) is 109 Å². The maximum Gasteiger partial charge on any atom is 0.466 e. The zero-order valence-corrected chi connectivity index (χ0v) is 14.8. The minimum Gasteiger partial charge on any atom is -0.396 e. The number of hydrogen-bond donors (Lipinski definition) is 9. The molecule has 0 bridgehead atoms. The normalized spacial score (nSPS) is 11.5. The Morgan fingerprint density at radius 2 is 1.00 bits per heavy atom. The van der Waals surface area contributed by atoms with Gasteiger partial charge in [-0.05, 0) is 6.42 Å². The topological polar surface area (TPSA) is 202 Å². The highest BCUT2D eigenvalue weighted by Gasteiger charge is 2.24. The summed E-state index contributed by atoms with van der Waals surface area (Å²) in [7, 11) is -4.64. The Balaban J connectivity index is -0.000000291. The lowest BCUT2D eigenvalue weighted by Gasteiger charge is -2.24. The first-order valence-electron chi connectivity index (χ1n) is 7.25. The molecule has 0 radical (unpaired) electrons. The van der Waals surface area contributed by atoms with E-state index in [1.54, 1.807) is 4.90 Å². The Bertz CT molecular complexity index is 258. The first-order valence-corrected chi connectivity index (χ1v) is 8.82. The average Bonchev–Trinajstić information content (AvgIpc) is 2.50. The van der Waals surface area contributed by atoms with Crippen LogP contribution in [0, 0.1) is 5.41 Å². The SMILES string of the molecule is CCC(CO)(CO)CO.O=P(O)(O)O.OCCN(CCO)CCO. The van der Waals surface area contributed by atoms with Crippen molar-refractivity contribution in [1.29, 1.82) is 0 Å². The number of hydrogen-bond acceptors (Lipinski definition) is 8. The molecule has 0 aliphatic rings. The summed E-state index contributed by atoms with van der Waals surface area (Å²) >= 11 is 0. The van der Waals surface area contributed by atoms with E-state index in [4.69, 9.17) is 49.9 Å². The van der Waals surface area contributed by atoms with Crippen LogP contribution in [0.4, 0.5) is 0 Å². The summed E-state index contributed by atoms with van der Waals surface area (Å²) in [6.07, 6.45) is 0.594. The monoisotopic (exact) mass is 381 g/mol. The summed E-state index contributed by atoms with van der Waals surface area (Å²) in [5.41, 5.74) is -0.667. The molecule has 0 aromatic heterocycles. The van der Waals surface area contributed by atoms with Crippen LogP contribution in [0.1, 0.15) is 13.3 Å². The summed E-state index contributed by atoms with van der Waals surface area (Å²) in [5.74, 6) is 0. The van der Waals surface area contributed by atoms with E-state index in [0.29, 0.717) is 26.1 Å². The van der Waals surface area contributed by atoms with E-state index in [-0.39, 0.29) is 39.6 Å². The Morgan fingerprint density at radius 1 is 0.750 bits per heavy atom. The van der Waals surface area contributed by atoms with Crippen molar-refractivity contribution in [3.63, 3.8) is 0 Å². The third kappa shape index (κ3) is 21.8. The van der Waals surface area contributed by atoms with Gasteiger partial charge >= 0.3 is 7.82 Å². The zero-order chi connectivity index (χ0) is 19.6. The van der Waals surface area contributed by atoms with E-state index in [9.17, 15) is 0 Å². The van der Waals surface area contributed by atoms with Gasteiger partial charge in [0.05, 0.1) is 39.6 Å². The Hall–Kier alpha value is -0.170. The van der Waals surface area contributed by atoms with Gasteiger partial charge in [-0.3, -0.25) is 4.90 Å². The summed E-state index contributed by atoms with van der Waals surface area (Å²) in [4.78, 5) is 23.4. The van der Waals surface area contributed by atoms with Crippen LogP contribution in [0.2, 0.25) is 0 Å². The van der Waals surface area contributed by atoms with Gasteiger partial charge in [-0.25, -0.2) is 4.57 Å². The standard InChI is InChI=1S/C6H15NO3.C6H14O3.H3O4P/c8-4-1-7(2-5-9)3-6-10;1-2-6(3-7,4-8)5-9;1-5(2,3)4/h8-10H,1-6H2;7-9H,2-5H2,1H3;(H3,1,2,3,4). The van der Waals surface area contributed by atoms with Crippen molar-refractivity contribution < 1.29 is 49.9 Å². The largest absolute Gasteiger partial charge is 0.466 e. The van der Waals surface area contributed by atoms with Gasteiger partial charge in [-0.2, -0.15) is 0 Å². The molecule has 24 heavy (non-hydrogen) atoms. The minimum atomic E-state index is -4.64. The number of aliphatic hydroxyl groups is 6. The number of nitrogens with zero attached hydrogens (tertiary/aromatic N) is 1. The molecule has 0 saturated carbocycles. The fourth-order valence-electron chi connectivity index (χ4n) is 1.25. The molecular formula is C12H32NO10P. The lowest BCUT2D eigenvalue weighted by atomic mass is 9.88. The van der Waals surface area contributed by atoms with Crippen molar-refractivity contribution in [3.05, 3.63) is 0 Å². The molecule has 0 rings (SSSR count). The third-order valence-corrected chi connectivity index (χ3v) is 3.00. The fourth-order valence-corrected chi connectivity index (χ4v) is 1.25. The molecule has 0 aromatic carbocycles. The molecule has 12 heteroatoms. The Kier molecular flexibility index (Phi) is 21.0. The molecule has 0 unspecified atom stereocenters. The van der Waals surface area contributed by atoms with Gasteiger partial charge in [0.2, 0.25) is 0 Å². The molecule has 0 atom stereocenters. The van der Waals surface area contributed by atoms with E-state index in [0.717, 1.165) is 0 Å². The number of phosphoric acid groups is 1. The third-order valence-electron chi connectivity index (χ3n) is 3.00. The highest BCUT2D eigenvalue weighted by atomic mass is 31.2. The van der Waals surface area contributed by atoms with Crippen LogP contribution in [0.15, 0.2) is 0 Å². The maximum atomic E-state index is 8.88. The molecule has 11 nitrogen and oxygen atoms in total. The van der Waals surface area contributed by atoms with Crippen LogP contribution in [0.25, 0.3) is 0 Å². The first-order chi connectivity index (χ1) is 11.1. The molecule has 0 spiro atoms. The highest BCUT2D eigenvalue weighted by molar-refractivity contribution is 7.45. The van der Waals surface area contributed by atoms with E-state index in [1.807, 2.05) is 6.92 Å². The van der Waals surface area contributed by atoms with E-state index >= 15 is 0 Å². The first kappa shape index (κ1) is 28.6. The molecule has 0 aliphatic heterocycles. The second-order valence-corrected chi connectivity index (χ2v) is 5.88. The summed E-state index contributed by atoms with van der Waals surface area (Å²) < 4.78 is 8.88. The second kappa shape index (κ2) is 17.6. The molecule has 9 N–H and O–H groups in total. The second-order valence-electron chi connectivity index (χ2n) is 4.85. The van der Waals surface area contributed by atoms with Crippen LogP contribution in [0.3, 0.4) is 0 Å². The van der Waals surface area contributed by atoms with Crippen LogP contribution >= 0.6 is 7.82 Å². The molecule has 0 fully saturated rings. The zero-order valence-electron chi connectivity index (χ0n) is 13.9. The Labute approximate surface area is 141 Å². The van der Waals surface area contributed by atoms with Crippen molar-refractivity contribution in [1.82, 2.24) is 4.90 Å². The lowest BCUT2D eigenvalue weighted by molar-refractivity contribution is 0.00304. The van der Waals surface area contributed by atoms with Crippen molar-refractivity contribution in [2.75, 3.05) is 59.3 Å². The van der Waals surface area contributed by atoms with Gasteiger partial charge in [0, 0.05) is 25.0 Å². The minimum absolute atomic E-state index is 0.0694. The summed E-state index contributed by atoms with van der Waals surface area (Å²) in [6.45, 7) is 3.11. The quantitative estimate of drug-likeness (QED) is 0.171. The maximum absolute atomic E-state index is 8.88. The van der Waals surface area contributed by atoms with Gasteiger partial charge in [0.15, 0.2) is 0 Å². The van der Waals surface area contributed by atoms with Crippen molar-refractivity contribution in [2.45, 2.75) is 13.3 Å². The highest BCUT2D eigenvalue weighted by Crippen LogP contribution is 2.25. The van der Waals surface area contributed by atoms with E-state index < -0.39 is 13.2 Å². The van der Waals surface area contributed by atoms with Crippen LogP contribution in [0.5, 0.6) is 0 Å². The van der Waals surface area contributed by atoms with Crippen LogP contribution in [-0.2, 0) is 4.57 Å². The summed E-state index contributed by atoms with van der Waals surface area (Å²) in [5, 5.41) is 51.4. The van der Waals surface area contributed by atoms with Gasteiger partial charge in [-0.1, -0.05) is 6.92 Å². The smallest absolute Gasteiger partial charge is 0.396 e. The molecule has 150 valence electrons. The predicted molar refractivity (Wildman–Crippen MR) is 85.9 cm³/mol. The molecular weight excluding hydrogens is 349 g/mol. The average molecular weight is 381 g/mol. The van der Waals surface area contributed by atoms with Gasteiger partial charge in [-0.15, -0.1) is 0 Å². The fraction of sp³-hybridized carbons (Fsp3) is 1.00. The molecule has 0 saturated heterocycles. The van der Waals surface area contributed by atoms with Crippen LogP contribution < -0.4 is 0 Å². The van der Waals surface area contributed by atoms with E-state index in [2.05, 4.69) is 0 Å². The number of rotatable bonds is 10. The molecule has 0 aromatic rings. The molecule has 0 heterocycles. The van der Waals surface area contributed by atoms with Gasteiger partial charge in [0.25, 0.3) is 0 Å². The number of aliphatic hydroxyl groups excluding tert-OH is 6. The predicted octanol–water partition coefficient (Wildman–Crippen LogP) is -3.30. The van der Waals surface area contributed by atoms with Gasteiger partial charge in [0.1, 0.15) is 0 Å². The van der Waals surface area contributed by atoms with Crippen molar-refractivity contribution >= 4 is 7.82 Å². The Morgan fingerprint density at radius 3 is 1.08 bits per heavy atom. The van der Waals surface area contributed by atoms with Crippen molar-refractivity contribution in [2.24, 2.45) is 5.41 Å². The molecule has 0 aliphatic carbocycles. The van der Waals surface area contributed by atoms with E-state index in [1.165, 1.54) is 0 Å². The van der Waals surface area contributed by atoms with Crippen molar-refractivity contribution in [3.8, 4) is 0 Å². The molecule has 0 amide bonds.